The van der Waals surface area contributed by atoms with Crippen LogP contribution >= 0.6 is 0 Å². The van der Waals surface area contributed by atoms with Gasteiger partial charge in [-0.2, -0.15) is 0 Å². The summed E-state index contributed by atoms with van der Waals surface area (Å²) in [5.74, 6) is 0. The molecule has 0 aliphatic heterocycles. The SMILES string of the molecule is c1ccc(-n2c3ccccc3c3cc(-c4cccc(-c5ccc6c7ccccc7n(-c7ccccc7)c6c5)c4)ccc32)cc1.c1ccc(-n2c3ccccc3c3ccc(-c4cccc(-c5ccc(-n6c7ccccc7c7ccccc76)cc5)c4)cc32)cc1.c1ccc(-n2c3ccccc3c3ccc(-c4cccc(-c5ccc6c7ccccc7n(-c7ccccc7)c6c5)c4)cc32)cc1. The highest BCUT2D eigenvalue weighted by molar-refractivity contribution is 6.16. The van der Waals surface area contributed by atoms with Gasteiger partial charge in [0.25, 0.3) is 0 Å². The lowest BCUT2D eigenvalue weighted by molar-refractivity contribution is 1.18. The second-order valence-corrected chi connectivity index (χ2v) is 34.3. The van der Waals surface area contributed by atoms with E-state index in [1.165, 1.54) is 232 Å². The summed E-state index contributed by atoms with van der Waals surface area (Å²) in [7, 11) is 0. The van der Waals surface area contributed by atoms with Gasteiger partial charge in [-0.05, 0) is 237 Å². The third-order valence-electron chi connectivity index (χ3n) is 26.7. The third-order valence-corrected chi connectivity index (χ3v) is 26.7. The molecule has 0 unspecified atom stereocenters. The molecule has 0 saturated carbocycles. The lowest BCUT2D eigenvalue weighted by Gasteiger charge is -2.11. The van der Waals surface area contributed by atoms with E-state index in [4.69, 9.17) is 0 Å². The normalized spacial score (nSPS) is 11.6. The molecular formula is C126H84N6. The molecule has 0 aliphatic carbocycles. The summed E-state index contributed by atoms with van der Waals surface area (Å²) < 4.78 is 14.3. The van der Waals surface area contributed by atoms with Crippen LogP contribution in [0.1, 0.15) is 0 Å². The average molecular weight is 1680 g/mol. The van der Waals surface area contributed by atoms with E-state index in [-0.39, 0.29) is 0 Å². The molecule has 6 heterocycles. The Morgan fingerprint density at radius 1 is 0.0833 bits per heavy atom. The van der Waals surface area contributed by atoms with E-state index in [0.717, 1.165) is 0 Å². The molecule has 0 atom stereocenters. The van der Waals surface area contributed by atoms with Gasteiger partial charge in [0.15, 0.2) is 0 Å². The van der Waals surface area contributed by atoms with Crippen molar-refractivity contribution in [1.29, 1.82) is 0 Å². The molecule has 6 aromatic heterocycles. The van der Waals surface area contributed by atoms with Crippen molar-refractivity contribution in [1.82, 2.24) is 27.4 Å². The number of fused-ring (bicyclic) bond motifs is 18. The zero-order chi connectivity index (χ0) is 87.1. The maximum Gasteiger partial charge on any atom is 0.0547 e. The van der Waals surface area contributed by atoms with Gasteiger partial charge >= 0.3 is 0 Å². The molecule has 132 heavy (non-hydrogen) atoms. The minimum atomic E-state index is 1.17. The summed E-state index contributed by atoms with van der Waals surface area (Å²) >= 11 is 0. The Labute approximate surface area is 763 Å². The van der Waals surface area contributed by atoms with E-state index in [1.54, 1.807) is 0 Å². The Hall–Kier alpha value is -17.6. The molecule has 0 N–H and O–H groups in total. The maximum absolute atomic E-state index is 2.38. The highest BCUT2D eigenvalue weighted by atomic mass is 15.0. The molecule has 6 heteroatoms. The molecule has 618 valence electrons. The smallest absolute Gasteiger partial charge is 0.0547 e. The summed E-state index contributed by atoms with van der Waals surface area (Å²) in [6, 6.07) is 184. The molecule has 0 aliphatic rings. The van der Waals surface area contributed by atoms with Crippen LogP contribution in [0.4, 0.5) is 0 Å². The maximum atomic E-state index is 2.38. The van der Waals surface area contributed by atoms with Crippen molar-refractivity contribution in [2.24, 2.45) is 0 Å². The molecule has 0 spiro atoms. The number of aromatic nitrogens is 6. The minimum Gasteiger partial charge on any atom is -0.309 e. The van der Waals surface area contributed by atoms with Gasteiger partial charge < -0.3 is 27.4 Å². The summed E-state index contributed by atoms with van der Waals surface area (Å²) in [5.41, 5.74) is 36.2. The van der Waals surface area contributed by atoms with Crippen molar-refractivity contribution in [2.45, 2.75) is 0 Å². The lowest BCUT2D eigenvalue weighted by Crippen LogP contribution is -1.93. The Kier molecular flexibility index (Phi) is 18.8. The number of nitrogens with zero attached hydrogens (tertiary/aromatic N) is 6. The van der Waals surface area contributed by atoms with Gasteiger partial charge in [-0.15, -0.1) is 0 Å². The fourth-order valence-corrected chi connectivity index (χ4v) is 20.7. The zero-order valence-electron chi connectivity index (χ0n) is 72.2. The van der Waals surface area contributed by atoms with Gasteiger partial charge in [0.05, 0.1) is 66.2 Å². The second-order valence-electron chi connectivity index (χ2n) is 34.3. The molecular weight excluding hydrogens is 1600 g/mol. The Morgan fingerprint density at radius 3 is 0.508 bits per heavy atom. The summed E-state index contributed by atoms with van der Waals surface area (Å²) in [4.78, 5) is 0. The Morgan fingerprint density at radius 2 is 0.250 bits per heavy atom. The standard InChI is InChI=1S/3C42H28N2/c1-3-14-33(15-4-1)43-40-21-10-8-19-36(40)38-27-31(23-25-41(38)43)29-12-11-13-30(26-29)32-22-24-37-35-18-7-9-20-39(35)44(42(37)28-32)34-16-5-2-6-17-34;1-3-14-33(15-4-1)43-39-20-9-7-18-35(39)37-24-22-31(27-41(37)43)29-12-11-13-30(26-29)32-23-25-38-36-19-8-10-21-40(36)44(42(38)28-32)34-16-5-2-6-17-34;1-2-13-33(14-3-1)44-41-20-9-6-17-37(41)38-26-23-32(28-42(38)44)31-12-10-11-30(27-31)29-21-24-34(25-22-29)43-39-18-7-4-15-35(39)36-16-5-8-19-40(36)43/h3*1-28H. The first-order valence-electron chi connectivity index (χ1n) is 45.3. The lowest BCUT2D eigenvalue weighted by atomic mass is 9.97. The Bertz CT molecular complexity index is 8890. The van der Waals surface area contributed by atoms with Crippen LogP contribution in [0, 0.1) is 0 Å². The highest BCUT2D eigenvalue weighted by Gasteiger charge is 2.22. The summed E-state index contributed by atoms with van der Waals surface area (Å²) in [5, 5.41) is 15.3. The van der Waals surface area contributed by atoms with Gasteiger partial charge in [-0.1, -0.05) is 340 Å². The van der Waals surface area contributed by atoms with E-state index < -0.39 is 0 Å². The number of hydrogen-bond acceptors (Lipinski definition) is 0. The molecule has 6 nitrogen and oxygen atoms in total. The molecule has 21 aromatic carbocycles. The van der Waals surface area contributed by atoms with Gasteiger partial charge in [0, 0.05) is 98.8 Å². The predicted octanol–water partition coefficient (Wildman–Crippen LogP) is 33.6. The molecule has 0 radical (unpaired) electrons. The fourth-order valence-electron chi connectivity index (χ4n) is 20.7. The fraction of sp³-hybridized carbons (Fsp3) is 0. The van der Waals surface area contributed by atoms with E-state index in [2.05, 4.69) is 537 Å². The first-order valence-corrected chi connectivity index (χ1v) is 45.3. The first kappa shape index (κ1) is 76.8. The molecule has 0 bridgehead atoms. The second kappa shape index (κ2) is 32.4. The molecule has 0 fully saturated rings. The van der Waals surface area contributed by atoms with Gasteiger partial charge in [0.1, 0.15) is 0 Å². The monoisotopic (exact) mass is 1680 g/mol. The first-order chi connectivity index (χ1) is 65.5. The van der Waals surface area contributed by atoms with E-state index >= 15 is 0 Å². The van der Waals surface area contributed by atoms with Crippen molar-refractivity contribution in [2.75, 3.05) is 0 Å². The number of benzene rings is 21. The van der Waals surface area contributed by atoms with Crippen LogP contribution in [-0.4, -0.2) is 27.4 Å². The van der Waals surface area contributed by atoms with E-state index in [0.29, 0.717) is 0 Å². The largest absolute Gasteiger partial charge is 0.309 e. The number of rotatable bonds is 12. The van der Waals surface area contributed by atoms with Crippen LogP contribution in [0.3, 0.4) is 0 Å². The minimum absolute atomic E-state index is 1.17. The summed E-state index contributed by atoms with van der Waals surface area (Å²) in [6.45, 7) is 0. The topological polar surface area (TPSA) is 29.6 Å². The number of para-hydroxylation sites is 12. The van der Waals surface area contributed by atoms with Gasteiger partial charge in [0.2, 0.25) is 0 Å². The van der Waals surface area contributed by atoms with Crippen LogP contribution in [0.2, 0.25) is 0 Å². The van der Waals surface area contributed by atoms with E-state index in [9.17, 15) is 0 Å². The van der Waals surface area contributed by atoms with Crippen molar-refractivity contribution in [3.8, 4) is 101 Å². The van der Waals surface area contributed by atoms with Crippen molar-refractivity contribution >= 4 is 131 Å². The van der Waals surface area contributed by atoms with Crippen molar-refractivity contribution in [3.05, 3.63) is 510 Å². The third kappa shape index (κ3) is 13.3. The van der Waals surface area contributed by atoms with Gasteiger partial charge in [-0.25, -0.2) is 0 Å². The summed E-state index contributed by atoms with van der Waals surface area (Å²) in [6.07, 6.45) is 0. The molecule has 0 saturated heterocycles. The predicted molar refractivity (Wildman–Crippen MR) is 558 cm³/mol. The molecule has 27 rings (SSSR count). The number of hydrogen-bond donors (Lipinski definition) is 0. The van der Waals surface area contributed by atoms with Gasteiger partial charge in [-0.3, -0.25) is 0 Å². The zero-order valence-corrected chi connectivity index (χ0v) is 72.2. The van der Waals surface area contributed by atoms with Crippen LogP contribution in [0.25, 0.3) is 232 Å². The quantitative estimate of drug-likeness (QED) is 0.117. The van der Waals surface area contributed by atoms with Crippen LogP contribution in [0.5, 0.6) is 0 Å². The average Bonchev–Trinajstić information content (AvgIpc) is 1.48. The molecule has 27 aromatic rings. The van der Waals surface area contributed by atoms with Crippen molar-refractivity contribution in [3.63, 3.8) is 0 Å². The van der Waals surface area contributed by atoms with Crippen LogP contribution < -0.4 is 0 Å². The molecule has 0 amide bonds. The van der Waals surface area contributed by atoms with E-state index in [1.807, 2.05) is 0 Å². The van der Waals surface area contributed by atoms with Crippen molar-refractivity contribution < 1.29 is 0 Å². The van der Waals surface area contributed by atoms with Crippen LogP contribution in [0.15, 0.2) is 510 Å². The Balaban J connectivity index is 0.000000106. The van der Waals surface area contributed by atoms with Crippen LogP contribution in [-0.2, 0) is 0 Å². The highest BCUT2D eigenvalue weighted by Crippen LogP contribution is 2.44.